The van der Waals surface area contributed by atoms with Crippen LogP contribution >= 0.6 is 11.8 Å². The molecule has 0 saturated carbocycles. The molecule has 8 nitrogen and oxygen atoms in total. The molecule has 10 heteroatoms. The average molecular weight is 498 g/mol. The van der Waals surface area contributed by atoms with Gasteiger partial charge in [0.25, 0.3) is 5.22 Å². The fourth-order valence-electron chi connectivity index (χ4n) is 4.33. The van der Waals surface area contributed by atoms with Crippen molar-refractivity contribution in [2.24, 2.45) is 0 Å². The smallest absolute Gasteiger partial charge is 0.277 e. The summed E-state index contributed by atoms with van der Waals surface area (Å²) in [5.41, 5.74) is 3.62. The summed E-state index contributed by atoms with van der Waals surface area (Å²) in [6, 6.07) is 13.2. The van der Waals surface area contributed by atoms with Crippen LogP contribution in [0.4, 0.5) is 0 Å². The van der Waals surface area contributed by atoms with Gasteiger partial charge in [-0.25, -0.2) is 13.4 Å². The lowest BCUT2D eigenvalue weighted by Gasteiger charge is -2.25. The Hall–Kier alpha value is -2.69. The van der Waals surface area contributed by atoms with E-state index in [1.807, 2.05) is 37.3 Å². The summed E-state index contributed by atoms with van der Waals surface area (Å²) in [6.45, 7) is 5.97. The first-order chi connectivity index (χ1) is 16.5. The van der Waals surface area contributed by atoms with Gasteiger partial charge in [-0.05, 0) is 57.0 Å². The number of thioether (sulfide) groups is 1. The number of nitrogens with zero attached hydrogens (tertiary/aromatic N) is 5. The lowest BCUT2D eigenvalue weighted by atomic mass is 10.1. The predicted octanol–water partition coefficient (Wildman–Crippen LogP) is 4.88. The zero-order valence-corrected chi connectivity index (χ0v) is 20.9. The number of hydrogen-bond acceptors (Lipinski definition) is 7. The van der Waals surface area contributed by atoms with E-state index in [9.17, 15) is 8.42 Å². The monoisotopic (exact) mass is 497 g/mol. The lowest BCUT2D eigenvalue weighted by molar-refractivity contribution is 0.346. The van der Waals surface area contributed by atoms with Gasteiger partial charge >= 0.3 is 0 Å². The number of rotatable bonds is 7. The Kier molecular flexibility index (Phi) is 6.46. The maximum Gasteiger partial charge on any atom is 0.277 e. The third-order valence-electron chi connectivity index (χ3n) is 6.06. The van der Waals surface area contributed by atoms with Gasteiger partial charge in [-0.2, -0.15) is 4.31 Å². The number of fused-ring (bicyclic) bond motifs is 1. The van der Waals surface area contributed by atoms with Crippen LogP contribution in [0.5, 0.6) is 0 Å². The summed E-state index contributed by atoms with van der Waals surface area (Å²) in [4.78, 5) is 5.07. The van der Waals surface area contributed by atoms with E-state index in [1.54, 1.807) is 16.4 Å². The Morgan fingerprint density at radius 2 is 1.88 bits per heavy atom. The topological polar surface area (TPSA) is 94.1 Å². The Morgan fingerprint density at radius 1 is 1.06 bits per heavy atom. The van der Waals surface area contributed by atoms with E-state index in [1.165, 1.54) is 11.8 Å². The van der Waals surface area contributed by atoms with E-state index >= 15 is 0 Å². The summed E-state index contributed by atoms with van der Waals surface area (Å²) >= 11 is 1.42. The van der Waals surface area contributed by atoms with Crippen LogP contribution in [0.1, 0.15) is 37.6 Å². The largest absolute Gasteiger partial charge is 0.411 e. The fraction of sp³-hybridized carbons (Fsp3) is 0.375. The van der Waals surface area contributed by atoms with E-state index in [0.717, 1.165) is 48.3 Å². The van der Waals surface area contributed by atoms with E-state index in [4.69, 9.17) is 9.40 Å². The zero-order chi connectivity index (χ0) is 23.7. The predicted molar refractivity (Wildman–Crippen MR) is 132 cm³/mol. The second kappa shape index (κ2) is 9.52. The van der Waals surface area contributed by atoms with Crippen molar-refractivity contribution >= 4 is 32.8 Å². The van der Waals surface area contributed by atoms with E-state index in [0.29, 0.717) is 40.4 Å². The van der Waals surface area contributed by atoms with Gasteiger partial charge in [0.05, 0.1) is 21.7 Å². The molecule has 1 aliphatic heterocycles. The van der Waals surface area contributed by atoms with Crippen molar-refractivity contribution in [1.82, 2.24) is 24.1 Å². The highest BCUT2D eigenvalue weighted by Crippen LogP contribution is 2.29. The summed E-state index contributed by atoms with van der Waals surface area (Å²) in [5, 5.41) is 8.81. The maximum absolute atomic E-state index is 13.1. The van der Waals surface area contributed by atoms with Crippen LogP contribution in [-0.2, 0) is 22.3 Å². The van der Waals surface area contributed by atoms with Crippen molar-refractivity contribution < 1.29 is 12.8 Å². The number of aromatic nitrogens is 4. The number of imidazole rings is 1. The van der Waals surface area contributed by atoms with Gasteiger partial charge in [0.1, 0.15) is 5.82 Å². The first-order valence-corrected chi connectivity index (χ1v) is 13.9. The highest BCUT2D eigenvalue weighted by molar-refractivity contribution is 7.98. The Labute approximate surface area is 203 Å². The third kappa shape index (κ3) is 4.49. The molecule has 0 bridgehead atoms. The molecule has 0 radical (unpaired) electrons. The van der Waals surface area contributed by atoms with Gasteiger partial charge in [-0.15, -0.1) is 10.2 Å². The number of piperidine rings is 1. The molecule has 1 fully saturated rings. The first kappa shape index (κ1) is 23.1. The molecule has 0 unspecified atom stereocenters. The number of sulfonamides is 1. The normalized spacial score (nSPS) is 15.2. The highest BCUT2D eigenvalue weighted by atomic mass is 32.2. The molecule has 1 aliphatic rings. The van der Waals surface area contributed by atoms with Gasteiger partial charge < -0.3 is 8.98 Å². The van der Waals surface area contributed by atoms with Crippen LogP contribution in [0.2, 0.25) is 0 Å². The molecule has 34 heavy (non-hydrogen) atoms. The molecule has 3 heterocycles. The van der Waals surface area contributed by atoms with Crippen molar-refractivity contribution in [1.29, 1.82) is 0 Å². The summed E-state index contributed by atoms with van der Waals surface area (Å²) in [5.74, 6) is 1.86. The maximum atomic E-state index is 13.1. The van der Waals surface area contributed by atoms with Gasteiger partial charge in [-0.3, -0.25) is 0 Å². The number of benzene rings is 2. The van der Waals surface area contributed by atoms with Crippen LogP contribution < -0.4 is 0 Å². The van der Waals surface area contributed by atoms with Gasteiger partial charge in [0.15, 0.2) is 0 Å². The molecular formula is C24H27N5O3S2. The number of aryl methyl sites for hydroxylation is 2. The molecule has 0 N–H and O–H groups in total. The zero-order valence-electron chi connectivity index (χ0n) is 19.3. The first-order valence-electron chi connectivity index (χ1n) is 11.5. The van der Waals surface area contributed by atoms with Crippen molar-refractivity contribution in [3.05, 3.63) is 53.9 Å². The quantitative estimate of drug-likeness (QED) is 0.336. The molecule has 1 saturated heterocycles. The second-order valence-electron chi connectivity index (χ2n) is 8.42. The summed E-state index contributed by atoms with van der Waals surface area (Å²) in [7, 11) is -3.50. The number of hydrogen-bond donors (Lipinski definition) is 0. The molecule has 2 aromatic heterocycles. The molecular weight excluding hydrogens is 470 g/mol. The van der Waals surface area contributed by atoms with Crippen LogP contribution in [0.25, 0.3) is 22.5 Å². The minimum atomic E-state index is -3.50. The Balaban J connectivity index is 1.37. The fourth-order valence-corrected chi connectivity index (χ4v) is 6.57. The molecule has 0 aliphatic carbocycles. The molecule has 0 spiro atoms. The molecule has 4 aromatic rings. The van der Waals surface area contributed by atoms with Crippen LogP contribution in [0.15, 0.2) is 57.0 Å². The Morgan fingerprint density at radius 3 is 2.65 bits per heavy atom. The molecule has 178 valence electrons. The third-order valence-corrected chi connectivity index (χ3v) is 8.77. The summed E-state index contributed by atoms with van der Waals surface area (Å²) in [6.07, 6.45) is 2.91. The SMILES string of the molecule is CCn1c(CSc2nnc(-c3cccc(C)c3)o2)nc2cc(S(=O)(=O)N3CCCCC3)ccc21. The average Bonchev–Trinajstić information content (AvgIpc) is 3.47. The lowest BCUT2D eigenvalue weighted by Crippen LogP contribution is -2.35. The minimum absolute atomic E-state index is 0.307. The van der Waals surface area contributed by atoms with E-state index in [-0.39, 0.29) is 0 Å². The van der Waals surface area contributed by atoms with Crippen molar-refractivity contribution in [2.75, 3.05) is 13.1 Å². The standard InChI is InChI=1S/C24H27N5O3S2/c1-3-29-21-11-10-19(34(30,31)28-12-5-4-6-13-28)15-20(21)25-22(29)16-33-24-27-26-23(32-24)18-9-7-8-17(2)14-18/h7-11,14-15H,3-6,12-13,16H2,1-2H3. The van der Waals surface area contributed by atoms with Crippen molar-refractivity contribution in [3.63, 3.8) is 0 Å². The van der Waals surface area contributed by atoms with Crippen molar-refractivity contribution in [3.8, 4) is 11.5 Å². The second-order valence-corrected chi connectivity index (χ2v) is 11.3. The van der Waals surface area contributed by atoms with Crippen molar-refractivity contribution in [2.45, 2.75) is 55.5 Å². The van der Waals surface area contributed by atoms with Crippen LogP contribution in [-0.4, -0.2) is 45.6 Å². The van der Waals surface area contributed by atoms with Gasteiger partial charge in [-0.1, -0.05) is 35.9 Å². The molecule has 0 atom stereocenters. The van der Waals surface area contributed by atoms with E-state index < -0.39 is 10.0 Å². The van der Waals surface area contributed by atoms with Crippen LogP contribution in [0.3, 0.4) is 0 Å². The van der Waals surface area contributed by atoms with Gasteiger partial charge in [0.2, 0.25) is 15.9 Å². The molecule has 5 rings (SSSR count). The molecule has 0 amide bonds. The molecule has 2 aromatic carbocycles. The summed E-state index contributed by atoms with van der Waals surface area (Å²) < 4.78 is 35.7. The van der Waals surface area contributed by atoms with Crippen LogP contribution in [0, 0.1) is 6.92 Å². The van der Waals surface area contributed by atoms with E-state index in [2.05, 4.69) is 21.7 Å². The Bertz CT molecular complexity index is 1420. The highest BCUT2D eigenvalue weighted by Gasteiger charge is 2.26. The minimum Gasteiger partial charge on any atom is -0.411 e. The van der Waals surface area contributed by atoms with Gasteiger partial charge in [0, 0.05) is 25.2 Å².